The molecule has 0 aliphatic carbocycles. The van der Waals surface area contributed by atoms with Crippen LogP contribution in [0.5, 0.6) is 0 Å². The second-order valence-corrected chi connectivity index (χ2v) is 6.88. The fourth-order valence-electron chi connectivity index (χ4n) is 1.78. The summed E-state index contributed by atoms with van der Waals surface area (Å²) < 4.78 is 21.9. The lowest BCUT2D eigenvalue weighted by Crippen LogP contribution is -2.24. The quantitative estimate of drug-likeness (QED) is 0.627. The van der Waals surface area contributed by atoms with Gasteiger partial charge < -0.3 is 10.6 Å². The number of hydrogen-bond donors (Lipinski definition) is 3. The van der Waals surface area contributed by atoms with Crippen LogP contribution >= 0.6 is 0 Å². The highest BCUT2D eigenvalue weighted by molar-refractivity contribution is 7.88. The molecule has 0 atom stereocenters. The van der Waals surface area contributed by atoms with Gasteiger partial charge in [-0.3, -0.25) is 4.79 Å². The Morgan fingerprint density at radius 1 is 1.24 bits per heavy atom. The minimum Gasteiger partial charge on any atom is -0.326 e. The van der Waals surface area contributed by atoms with Crippen molar-refractivity contribution >= 4 is 21.6 Å². The van der Waals surface area contributed by atoms with E-state index in [1.54, 1.807) is 24.3 Å². The molecular formula is C14H23N3O3S. The third-order valence-electron chi connectivity index (χ3n) is 2.74. The summed E-state index contributed by atoms with van der Waals surface area (Å²) in [7, 11) is -3.53. The maximum absolute atomic E-state index is 11.7. The summed E-state index contributed by atoms with van der Waals surface area (Å²) in [5, 5.41) is 11.0. The van der Waals surface area contributed by atoms with E-state index in [0.29, 0.717) is 23.7 Å². The van der Waals surface area contributed by atoms with E-state index in [9.17, 15) is 13.2 Å². The molecule has 0 fully saturated rings. The fourth-order valence-corrected chi connectivity index (χ4v) is 2.44. The van der Waals surface area contributed by atoms with Crippen molar-refractivity contribution in [3.05, 3.63) is 29.8 Å². The van der Waals surface area contributed by atoms with Crippen LogP contribution in [0.15, 0.2) is 24.3 Å². The molecule has 0 saturated carbocycles. The van der Waals surface area contributed by atoms with Gasteiger partial charge in [0.15, 0.2) is 0 Å². The predicted octanol–water partition coefficient (Wildman–Crippen LogP) is 1.19. The van der Waals surface area contributed by atoms with Crippen LogP contribution in [0.3, 0.4) is 0 Å². The van der Waals surface area contributed by atoms with E-state index < -0.39 is 10.0 Å². The summed E-state index contributed by atoms with van der Waals surface area (Å²) in [5.74, 6) is -0.262. The molecule has 7 heteroatoms. The predicted molar refractivity (Wildman–Crippen MR) is 84.3 cm³/mol. The van der Waals surface area contributed by atoms with E-state index in [4.69, 9.17) is 5.14 Å². The molecule has 0 unspecified atom stereocenters. The zero-order chi connectivity index (χ0) is 15.9. The van der Waals surface area contributed by atoms with Gasteiger partial charge in [0.05, 0.1) is 5.75 Å². The van der Waals surface area contributed by atoms with Crippen LogP contribution in [-0.2, 0) is 20.6 Å². The van der Waals surface area contributed by atoms with Gasteiger partial charge in [-0.2, -0.15) is 0 Å². The van der Waals surface area contributed by atoms with Gasteiger partial charge in [-0.05, 0) is 30.7 Å². The van der Waals surface area contributed by atoms with Gasteiger partial charge in [0, 0.05) is 18.2 Å². The summed E-state index contributed by atoms with van der Waals surface area (Å²) in [4.78, 5) is 11.7. The van der Waals surface area contributed by atoms with Gasteiger partial charge in [-0.25, -0.2) is 13.6 Å². The molecule has 118 valence electrons. The second kappa shape index (κ2) is 8.11. The lowest BCUT2D eigenvalue weighted by molar-refractivity contribution is -0.116. The standard InChI is InChI=1S/C14H23N3O3S/c1-11(2)16-9-3-4-14(18)17-13-7-5-12(6-8-13)10-21(15,19)20/h5-8,11,16H,3-4,9-10H2,1-2H3,(H,17,18)(H2,15,19,20). The van der Waals surface area contributed by atoms with E-state index in [-0.39, 0.29) is 11.7 Å². The van der Waals surface area contributed by atoms with Crippen LogP contribution in [0.25, 0.3) is 0 Å². The number of hydrogen-bond acceptors (Lipinski definition) is 4. The van der Waals surface area contributed by atoms with E-state index in [1.165, 1.54) is 0 Å². The molecule has 1 aromatic carbocycles. The first-order valence-electron chi connectivity index (χ1n) is 6.89. The highest BCUT2D eigenvalue weighted by Gasteiger charge is 2.06. The summed E-state index contributed by atoms with van der Waals surface area (Å²) in [5.41, 5.74) is 1.24. The van der Waals surface area contributed by atoms with Gasteiger partial charge >= 0.3 is 0 Å². The number of amides is 1. The van der Waals surface area contributed by atoms with Crippen molar-refractivity contribution < 1.29 is 13.2 Å². The highest BCUT2D eigenvalue weighted by Crippen LogP contribution is 2.11. The molecular weight excluding hydrogens is 290 g/mol. The number of nitrogens with one attached hydrogen (secondary N) is 2. The van der Waals surface area contributed by atoms with Crippen LogP contribution < -0.4 is 15.8 Å². The van der Waals surface area contributed by atoms with Gasteiger partial charge in [0.2, 0.25) is 15.9 Å². The Balaban J connectivity index is 2.39. The molecule has 6 nitrogen and oxygen atoms in total. The highest BCUT2D eigenvalue weighted by atomic mass is 32.2. The zero-order valence-electron chi connectivity index (χ0n) is 12.4. The van der Waals surface area contributed by atoms with Crippen molar-refractivity contribution in [1.29, 1.82) is 0 Å². The largest absolute Gasteiger partial charge is 0.326 e. The first kappa shape index (κ1) is 17.6. The lowest BCUT2D eigenvalue weighted by atomic mass is 10.2. The molecule has 0 saturated heterocycles. The van der Waals surface area contributed by atoms with Crippen molar-refractivity contribution in [2.45, 2.75) is 38.5 Å². The number of primary sulfonamides is 1. The Hall–Kier alpha value is -1.44. The zero-order valence-corrected chi connectivity index (χ0v) is 13.2. The van der Waals surface area contributed by atoms with E-state index in [2.05, 4.69) is 24.5 Å². The maximum Gasteiger partial charge on any atom is 0.224 e. The van der Waals surface area contributed by atoms with Crippen molar-refractivity contribution in [1.82, 2.24) is 5.32 Å². The number of benzene rings is 1. The molecule has 0 radical (unpaired) electrons. The third-order valence-corrected chi connectivity index (χ3v) is 3.47. The molecule has 0 heterocycles. The molecule has 1 aromatic rings. The van der Waals surface area contributed by atoms with Crippen LogP contribution in [0.2, 0.25) is 0 Å². The van der Waals surface area contributed by atoms with Crippen LogP contribution in [0, 0.1) is 0 Å². The first-order valence-corrected chi connectivity index (χ1v) is 8.60. The molecule has 21 heavy (non-hydrogen) atoms. The van der Waals surface area contributed by atoms with Gasteiger partial charge in [-0.1, -0.05) is 26.0 Å². The van der Waals surface area contributed by atoms with Crippen molar-refractivity contribution in [2.75, 3.05) is 11.9 Å². The second-order valence-electron chi connectivity index (χ2n) is 5.26. The maximum atomic E-state index is 11.7. The van der Waals surface area contributed by atoms with Gasteiger partial charge in [0.1, 0.15) is 0 Å². The minimum atomic E-state index is -3.53. The first-order chi connectivity index (χ1) is 9.76. The molecule has 0 spiro atoms. The Kier molecular flexibility index (Phi) is 6.80. The molecule has 4 N–H and O–H groups in total. The Morgan fingerprint density at radius 3 is 2.38 bits per heavy atom. The Bertz CT molecular complexity index is 553. The average molecular weight is 313 g/mol. The van der Waals surface area contributed by atoms with Gasteiger partial charge in [-0.15, -0.1) is 0 Å². The molecule has 0 aliphatic rings. The Morgan fingerprint density at radius 2 is 1.86 bits per heavy atom. The molecule has 1 rings (SSSR count). The fraction of sp³-hybridized carbons (Fsp3) is 0.500. The molecule has 1 amide bonds. The van der Waals surface area contributed by atoms with Crippen LogP contribution in [0.4, 0.5) is 5.69 Å². The third kappa shape index (κ3) is 8.44. The van der Waals surface area contributed by atoms with Crippen molar-refractivity contribution in [2.24, 2.45) is 5.14 Å². The molecule has 0 bridgehead atoms. The lowest BCUT2D eigenvalue weighted by Gasteiger charge is -2.08. The van der Waals surface area contributed by atoms with Crippen molar-refractivity contribution in [3.8, 4) is 0 Å². The number of carbonyl (C=O) groups excluding carboxylic acids is 1. The van der Waals surface area contributed by atoms with Gasteiger partial charge in [0.25, 0.3) is 0 Å². The summed E-state index contributed by atoms with van der Waals surface area (Å²) in [6.45, 7) is 4.92. The minimum absolute atomic E-state index is 0.0558. The topological polar surface area (TPSA) is 101 Å². The summed E-state index contributed by atoms with van der Waals surface area (Å²) >= 11 is 0. The smallest absolute Gasteiger partial charge is 0.224 e. The number of rotatable bonds is 8. The van der Waals surface area contributed by atoms with E-state index in [0.717, 1.165) is 13.0 Å². The molecule has 0 aromatic heterocycles. The van der Waals surface area contributed by atoms with Crippen LogP contribution in [0.1, 0.15) is 32.3 Å². The summed E-state index contributed by atoms with van der Waals surface area (Å²) in [6, 6.07) is 7.04. The number of nitrogens with two attached hydrogens (primary N) is 1. The molecule has 0 aliphatic heterocycles. The van der Waals surface area contributed by atoms with E-state index in [1.807, 2.05) is 0 Å². The van der Waals surface area contributed by atoms with E-state index >= 15 is 0 Å². The average Bonchev–Trinajstić information content (AvgIpc) is 2.35. The number of carbonyl (C=O) groups is 1. The van der Waals surface area contributed by atoms with Crippen LogP contribution in [-0.4, -0.2) is 26.9 Å². The monoisotopic (exact) mass is 313 g/mol. The van der Waals surface area contributed by atoms with Crippen molar-refractivity contribution in [3.63, 3.8) is 0 Å². The normalized spacial score (nSPS) is 11.6. The Labute approximate surface area is 126 Å². The summed E-state index contributed by atoms with van der Waals surface area (Å²) in [6.07, 6.45) is 1.21. The SMILES string of the molecule is CC(C)NCCCC(=O)Nc1ccc(CS(N)(=O)=O)cc1. The number of anilines is 1. The number of sulfonamides is 1.